The van der Waals surface area contributed by atoms with Crippen LogP contribution in [0.3, 0.4) is 0 Å². The molecule has 1 aliphatic carbocycles. The minimum atomic E-state index is -0.0883. The number of nitrogens with zero attached hydrogens (tertiary/aromatic N) is 1. The first-order chi connectivity index (χ1) is 10.8. The minimum absolute atomic E-state index is 0.0883. The van der Waals surface area contributed by atoms with Gasteiger partial charge in [-0.2, -0.15) is 0 Å². The first-order valence-corrected chi connectivity index (χ1v) is 7.70. The largest absolute Gasteiger partial charge is 0.281 e. The average molecular weight is 348 g/mol. The van der Waals surface area contributed by atoms with E-state index in [1.54, 1.807) is 0 Å². The fourth-order valence-corrected chi connectivity index (χ4v) is 3.68. The summed E-state index contributed by atoms with van der Waals surface area (Å²) in [5, 5.41) is 0. The van der Waals surface area contributed by atoms with E-state index in [-0.39, 0.29) is 4.28 Å². The number of anilines is 1. The molecule has 4 radical (unpaired) electrons. The second kappa shape index (κ2) is 8.86. The van der Waals surface area contributed by atoms with Crippen molar-refractivity contribution in [2.45, 2.75) is 32.0 Å². The summed E-state index contributed by atoms with van der Waals surface area (Å²) >= 11 is 3.48. The third-order valence-corrected chi connectivity index (χ3v) is 5.81. The number of benzene rings is 1. The fourth-order valence-electron chi connectivity index (χ4n) is 2.94. The Balaban J connectivity index is 0.00000112. The van der Waals surface area contributed by atoms with Crippen molar-refractivity contribution in [3.05, 3.63) is 52.1 Å². The van der Waals surface area contributed by atoms with Crippen molar-refractivity contribution in [3.8, 4) is 0 Å². The summed E-state index contributed by atoms with van der Waals surface area (Å²) in [5.41, 5.74) is 8.33. The van der Waals surface area contributed by atoms with Gasteiger partial charge < -0.3 is 0 Å². The summed E-state index contributed by atoms with van der Waals surface area (Å²) in [6, 6.07) is 8.67. The zero-order chi connectivity index (χ0) is 18.4. The maximum Gasteiger partial charge on any atom is 0.281 e. The second-order valence-electron chi connectivity index (χ2n) is 5.59. The minimum Gasteiger partial charge on any atom is -0.281 e. The predicted octanol–water partition coefficient (Wildman–Crippen LogP) is 3.39. The third-order valence-electron chi connectivity index (χ3n) is 4.51. The molecule has 2 rings (SSSR count). The number of para-hydroxylation sites is 1. The molecule has 23 heavy (non-hydrogen) atoms. The van der Waals surface area contributed by atoms with Gasteiger partial charge >= 0.3 is 125 Å². The molecule has 0 heterocycles. The van der Waals surface area contributed by atoms with Crippen LogP contribution in [0.5, 0.6) is 0 Å². The van der Waals surface area contributed by atoms with E-state index < -0.39 is 0 Å². The van der Waals surface area contributed by atoms with Crippen LogP contribution >= 0.6 is 0 Å². The Morgan fingerprint density at radius 2 is 1.26 bits per heavy atom. The Morgan fingerprint density at radius 3 is 1.65 bits per heavy atom. The molecule has 0 amide bonds. The topological polar surface area (TPSA) is 37.4 Å². The summed E-state index contributed by atoms with van der Waals surface area (Å²) in [6.07, 6.45) is 0. The van der Waals surface area contributed by atoms with Gasteiger partial charge in [0.25, 0.3) is 13.6 Å². The number of hydrogen-bond acceptors (Lipinski definition) is 3. The number of hydrogen-bond donors (Lipinski definition) is 0. The van der Waals surface area contributed by atoms with Crippen LogP contribution in [-0.4, -0.2) is 27.7 Å². The standard InChI is InChI=1S/C17H22N.2CO.Cr/c1-11-12(2)14(4)17(13(11)3)15-9-7-8-10-16(15)18(5)6;2*1-2;/h7-10H,1-6H3;;;. The summed E-state index contributed by atoms with van der Waals surface area (Å²) < 4.78 is -0.0883. The number of allylic oxidation sites excluding steroid dienone is 4. The van der Waals surface area contributed by atoms with Gasteiger partial charge in [0.05, 0.1) is 0 Å². The summed E-state index contributed by atoms with van der Waals surface area (Å²) in [5.74, 6) is 0. The fraction of sp³-hybridized carbons (Fsp3) is 0.368. The number of carbonyl (C=O) groups excluding carboxylic acids is 2. The Hall–Kier alpha value is -1.63. The van der Waals surface area contributed by atoms with Gasteiger partial charge in [0.15, 0.2) is 0 Å². The van der Waals surface area contributed by atoms with Crippen LogP contribution in [0, 0.1) is 0 Å². The van der Waals surface area contributed by atoms with Gasteiger partial charge in [-0.3, -0.25) is 9.59 Å². The molecular weight excluding hydrogens is 326 g/mol. The Labute approximate surface area is 148 Å². The molecule has 0 fully saturated rings. The van der Waals surface area contributed by atoms with Crippen molar-refractivity contribution in [2.75, 3.05) is 19.0 Å². The first kappa shape index (κ1) is 21.4. The molecule has 0 aromatic heterocycles. The first-order valence-electron chi connectivity index (χ1n) is 7.06. The Bertz CT molecular complexity index is 592. The third kappa shape index (κ3) is 3.66. The molecule has 0 spiro atoms. The quantitative estimate of drug-likeness (QED) is 0.822. The van der Waals surface area contributed by atoms with Crippen LogP contribution in [0.1, 0.15) is 33.3 Å². The average Bonchev–Trinajstić information content (AvgIpc) is 2.74. The molecule has 0 atom stereocenters. The van der Waals surface area contributed by atoms with Crippen molar-refractivity contribution in [3.63, 3.8) is 0 Å². The van der Waals surface area contributed by atoms with E-state index in [1.807, 2.05) is 0 Å². The Kier molecular flexibility index (Phi) is 8.23. The molecule has 0 N–H and O–H groups in total. The van der Waals surface area contributed by atoms with Crippen LogP contribution in [0.4, 0.5) is 5.69 Å². The van der Waals surface area contributed by atoms with E-state index in [0.717, 1.165) is 0 Å². The van der Waals surface area contributed by atoms with Crippen molar-refractivity contribution in [1.29, 1.82) is 0 Å². The van der Waals surface area contributed by atoms with E-state index in [4.69, 9.17) is 9.59 Å². The van der Waals surface area contributed by atoms with E-state index in [2.05, 4.69) is 101 Å². The molecule has 1 aromatic rings. The summed E-state index contributed by atoms with van der Waals surface area (Å²) in [6.45, 7) is 18.0. The van der Waals surface area contributed by atoms with Gasteiger partial charge in [-0.05, 0) is 0 Å². The van der Waals surface area contributed by atoms with Crippen LogP contribution in [0.25, 0.3) is 0 Å². The molecule has 121 valence electrons. The van der Waals surface area contributed by atoms with E-state index in [9.17, 15) is 0 Å². The van der Waals surface area contributed by atoms with Crippen molar-refractivity contribution in [1.82, 2.24) is 0 Å². The summed E-state index contributed by atoms with van der Waals surface area (Å²) in [4.78, 5) is 17.2. The smallest absolute Gasteiger partial charge is 0.281 e. The van der Waals surface area contributed by atoms with Crippen LogP contribution in [-0.2, 0) is 30.2 Å². The van der Waals surface area contributed by atoms with Crippen molar-refractivity contribution >= 4 is 19.3 Å². The van der Waals surface area contributed by atoms with Crippen LogP contribution in [0.15, 0.2) is 46.6 Å². The molecule has 1 aromatic carbocycles. The monoisotopic (exact) mass is 348 g/mol. The predicted molar refractivity (Wildman–Crippen MR) is 90.6 cm³/mol. The van der Waals surface area contributed by atoms with E-state index in [0.29, 0.717) is 0 Å². The number of rotatable bonds is 2. The van der Waals surface area contributed by atoms with Crippen molar-refractivity contribution in [2.24, 2.45) is 0 Å². The van der Waals surface area contributed by atoms with E-state index in [1.165, 1.54) is 33.5 Å². The second-order valence-corrected chi connectivity index (χ2v) is 6.55. The molecule has 0 saturated heterocycles. The summed E-state index contributed by atoms with van der Waals surface area (Å²) in [7, 11) is 4.21. The van der Waals surface area contributed by atoms with Crippen LogP contribution < -0.4 is 4.90 Å². The normalized spacial score (nSPS) is 15.4. The maximum absolute atomic E-state index is 7.50. The van der Waals surface area contributed by atoms with E-state index >= 15 is 0 Å². The molecule has 0 bridgehead atoms. The van der Waals surface area contributed by atoms with Gasteiger partial charge in [-0.25, -0.2) is 0 Å². The zero-order valence-corrected chi connectivity index (χ0v) is 15.8. The van der Waals surface area contributed by atoms with Gasteiger partial charge in [0.2, 0.25) is 0 Å². The SMILES string of the molecule is CC1=C(C)[C]([Cr])(c2ccccc2N(C)C)C(C)=C1C.[C]=O.[C]=O. The van der Waals surface area contributed by atoms with Gasteiger partial charge in [-0.15, -0.1) is 0 Å². The Morgan fingerprint density at radius 1 is 0.870 bits per heavy atom. The van der Waals surface area contributed by atoms with Crippen molar-refractivity contribution < 1.29 is 25.9 Å². The molecule has 0 unspecified atom stereocenters. The molecule has 4 heteroatoms. The van der Waals surface area contributed by atoms with Gasteiger partial charge in [0, 0.05) is 0 Å². The molecule has 1 aliphatic rings. The molecule has 0 aliphatic heterocycles. The van der Waals surface area contributed by atoms with Gasteiger partial charge in [0.1, 0.15) is 0 Å². The molecule has 0 saturated carbocycles. The molecular formula is C19H22CrNO2. The zero-order valence-electron chi connectivity index (χ0n) is 14.5. The molecule has 3 nitrogen and oxygen atoms in total. The maximum atomic E-state index is 7.50. The van der Waals surface area contributed by atoms with Gasteiger partial charge in [-0.1, -0.05) is 0 Å². The van der Waals surface area contributed by atoms with Crippen LogP contribution in [0.2, 0.25) is 0 Å².